The van der Waals surface area contributed by atoms with Crippen molar-refractivity contribution in [2.45, 2.75) is 19.4 Å². The van der Waals surface area contributed by atoms with Crippen molar-refractivity contribution in [3.8, 4) is 0 Å². The predicted octanol–water partition coefficient (Wildman–Crippen LogP) is 3.74. The highest BCUT2D eigenvalue weighted by atomic mass is 14.7. The molecule has 1 unspecified atom stereocenters. The third kappa shape index (κ3) is 3.87. The average molecular weight is 223 g/mol. The van der Waals surface area contributed by atoms with Gasteiger partial charge in [-0.1, -0.05) is 60.7 Å². The van der Waals surface area contributed by atoms with Crippen molar-refractivity contribution >= 4 is 6.21 Å². The SMILES string of the molecule is CC(Cc1ccccc1)N=Cc1ccccc1. The van der Waals surface area contributed by atoms with Crippen LogP contribution in [0.2, 0.25) is 0 Å². The number of nitrogens with zero attached hydrogens (tertiary/aromatic N) is 1. The summed E-state index contributed by atoms with van der Waals surface area (Å²) in [6, 6.07) is 21.0. The molecule has 0 saturated heterocycles. The minimum absolute atomic E-state index is 0.317. The van der Waals surface area contributed by atoms with Gasteiger partial charge in [-0.2, -0.15) is 0 Å². The fourth-order valence-corrected chi connectivity index (χ4v) is 1.76. The van der Waals surface area contributed by atoms with E-state index in [4.69, 9.17) is 0 Å². The van der Waals surface area contributed by atoms with Gasteiger partial charge in [0.15, 0.2) is 0 Å². The fraction of sp³-hybridized carbons (Fsp3) is 0.188. The van der Waals surface area contributed by atoms with Gasteiger partial charge in [0.1, 0.15) is 0 Å². The van der Waals surface area contributed by atoms with Crippen LogP contribution in [0.15, 0.2) is 65.7 Å². The van der Waals surface area contributed by atoms with E-state index in [-0.39, 0.29) is 0 Å². The van der Waals surface area contributed by atoms with Gasteiger partial charge in [0.25, 0.3) is 0 Å². The predicted molar refractivity (Wildman–Crippen MR) is 73.6 cm³/mol. The molecule has 0 aromatic heterocycles. The van der Waals surface area contributed by atoms with Crippen LogP contribution in [0, 0.1) is 0 Å². The van der Waals surface area contributed by atoms with Gasteiger partial charge < -0.3 is 0 Å². The summed E-state index contributed by atoms with van der Waals surface area (Å²) in [4.78, 5) is 4.56. The standard InChI is InChI=1S/C16H17N/c1-14(12-15-8-4-2-5-9-15)17-13-16-10-6-3-7-11-16/h2-11,13-14H,12H2,1H3. The first-order valence-electron chi connectivity index (χ1n) is 5.97. The Labute approximate surface area is 103 Å². The molecule has 2 rings (SSSR count). The number of hydrogen-bond acceptors (Lipinski definition) is 1. The molecule has 1 atom stereocenters. The largest absolute Gasteiger partial charge is 0.289 e. The monoisotopic (exact) mass is 223 g/mol. The maximum atomic E-state index is 4.56. The smallest absolute Gasteiger partial charge is 0.0511 e. The lowest BCUT2D eigenvalue weighted by Crippen LogP contribution is -2.03. The van der Waals surface area contributed by atoms with Gasteiger partial charge in [0.2, 0.25) is 0 Å². The Morgan fingerprint density at radius 1 is 0.941 bits per heavy atom. The van der Waals surface area contributed by atoms with Gasteiger partial charge in [0, 0.05) is 6.21 Å². The number of rotatable bonds is 4. The number of aliphatic imine (C=N–C) groups is 1. The van der Waals surface area contributed by atoms with Crippen molar-refractivity contribution in [3.05, 3.63) is 71.8 Å². The van der Waals surface area contributed by atoms with Crippen LogP contribution in [-0.4, -0.2) is 12.3 Å². The maximum Gasteiger partial charge on any atom is 0.0511 e. The number of hydrogen-bond donors (Lipinski definition) is 0. The zero-order chi connectivity index (χ0) is 11.9. The Kier molecular flexibility index (Phi) is 4.09. The highest BCUT2D eigenvalue weighted by Crippen LogP contribution is 2.05. The van der Waals surface area contributed by atoms with Gasteiger partial charge in [-0.3, -0.25) is 4.99 Å². The van der Waals surface area contributed by atoms with Crippen LogP contribution >= 0.6 is 0 Å². The summed E-state index contributed by atoms with van der Waals surface area (Å²) in [5, 5.41) is 0. The molecule has 0 amide bonds. The van der Waals surface area contributed by atoms with Crippen LogP contribution in [0.5, 0.6) is 0 Å². The van der Waals surface area contributed by atoms with Gasteiger partial charge in [-0.25, -0.2) is 0 Å². The highest BCUT2D eigenvalue weighted by Gasteiger charge is 1.99. The van der Waals surface area contributed by atoms with Crippen molar-refractivity contribution < 1.29 is 0 Å². The van der Waals surface area contributed by atoms with E-state index in [9.17, 15) is 0 Å². The molecule has 86 valence electrons. The summed E-state index contributed by atoms with van der Waals surface area (Å²) in [5.41, 5.74) is 2.50. The Morgan fingerprint density at radius 2 is 1.53 bits per heavy atom. The van der Waals surface area contributed by atoms with E-state index in [0.29, 0.717) is 6.04 Å². The normalized spacial score (nSPS) is 12.8. The summed E-state index contributed by atoms with van der Waals surface area (Å²) in [6.45, 7) is 2.15. The molecule has 0 N–H and O–H groups in total. The lowest BCUT2D eigenvalue weighted by atomic mass is 10.1. The van der Waals surface area contributed by atoms with Gasteiger partial charge in [-0.05, 0) is 24.5 Å². The van der Waals surface area contributed by atoms with E-state index in [1.165, 1.54) is 5.56 Å². The second kappa shape index (κ2) is 6.00. The molecule has 0 aliphatic rings. The molecule has 17 heavy (non-hydrogen) atoms. The molecule has 0 aliphatic carbocycles. The van der Waals surface area contributed by atoms with Crippen LogP contribution in [0.3, 0.4) is 0 Å². The van der Waals surface area contributed by atoms with Crippen molar-refractivity contribution in [2.24, 2.45) is 4.99 Å². The first-order valence-corrected chi connectivity index (χ1v) is 5.97. The molecule has 2 aromatic carbocycles. The third-order valence-electron chi connectivity index (χ3n) is 2.65. The Balaban J connectivity index is 1.94. The first kappa shape index (κ1) is 11.6. The van der Waals surface area contributed by atoms with Crippen molar-refractivity contribution in [3.63, 3.8) is 0 Å². The van der Waals surface area contributed by atoms with Crippen molar-refractivity contribution in [1.82, 2.24) is 0 Å². The van der Waals surface area contributed by atoms with Gasteiger partial charge in [-0.15, -0.1) is 0 Å². The lowest BCUT2D eigenvalue weighted by Gasteiger charge is -2.05. The van der Waals surface area contributed by atoms with Gasteiger partial charge >= 0.3 is 0 Å². The molecular weight excluding hydrogens is 206 g/mol. The average Bonchev–Trinajstić information content (AvgIpc) is 2.39. The molecule has 1 heteroatoms. The zero-order valence-electron chi connectivity index (χ0n) is 10.1. The molecule has 0 radical (unpaired) electrons. The molecule has 1 nitrogen and oxygen atoms in total. The topological polar surface area (TPSA) is 12.4 Å². The van der Waals surface area contributed by atoms with E-state index in [1.54, 1.807) is 0 Å². The van der Waals surface area contributed by atoms with E-state index < -0.39 is 0 Å². The van der Waals surface area contributed by atoms with Crippen molar-refractivity contribution in [2.75, 3.05) is 0 Å². The molecule has 0 spiro atoms. The molecule has 0 aliphatic heterocycles. The fourth-order valence-electron chi connectivity index (χ4n) is 1.76. The summed E-state index contributed by atoms with van der Waals surface area (Å²) in [5.74, 6) is 0. The molecular formula is C16H17N. The second-order valence-corrected chi connectivity index (χ2v) is 4.23. The Hall–Kier alpha value is -1.89. The molecule has 0 heterocycles. The molecule has 2 aromatic rings. The molecule has 0 fully saturated rings. The van der Waals surface area contributed by atoms with E-state index in [0.717, 1.165) is 12.0 Å². The quantitative estimate of drug-likeness (QED) is 0.700. The summed E-state index contributed by atoms with van der Waals surface area (Å²) in [6.07, 6.45) is 2.94. The van der Waals surface area contributed by atoms with Crippen LogP contribution in [0.1, 0.15) is 18.1 Å². The summed E-state index contributed by atoms with van der Waals surface area (Å²) >= 11 is 0. The van der Waals surface area contributed by atoms with E-state index in [1.807, 2.05) is 30.5 Å². The van der Waals surface area contributed by atoms with Gasteiger partial charge in [0.05, 0.1) is 6.04 Å². The summed E-state index contributed by atoms with van der Waals surface area (Å²) < 4.78 is 0. The van der Waals surface area contributed by atoms with Crippen molar-refractivity contribution in [1.29, 1.82) is 0 Å². The minimum atomic E-state index is 0.317. The summed E-state index contributed by atoms with van der Waals surface area (Å²) in [7, 11) is 0. The zero-order valence-corrected chi connectivity index (χ0v) is 10.1. The molecule has 0 bridgehead atoms. The van der Waals surface area contributed by atoms with Crippen LogP contribution in [-0.2, 0) is 6.42 Å². The van der Waals surface area contributed by atoms with E-state index >= 15 is 0 Å². The Bertz CT molecular complexity index is 459. The van der Waals surface area contributed by atoms with Crippen LogP contribution < -0.4 is 0 Å². The van der Waals surface area contributed by atoms with Crippen LogP contribution in [0.4, 0.5) is 0 Å². The lowest BCUT2D eigenvalue weighted by molar-refractivity contribution is 0.744. The third-order valence-corrected chi connectivity index (χ3v) is 2.65. The number of benzene rings is 2. The van der Waals surface area contributed by atoms with E-state index in [2.05, 4.69) is 48.3 Å². The second-order valence-electron chi connectivity index (χ2n) is 4.23. The highest BCUT2D eigenvalue weighted by molar-refractivity contribution is 5.79. The van der Waals surface area contributed by atoms with Crippen LogP contribution in [0.25, 0.3) is 0 Å². The minimum Gasteiger partial charge on any atom is -0.289 e. The maximum absolute atomic E-state index is 4.56. The molecule has 0 saturated carbocycles. The Morgan fingerprint density at radius 3 is 2.18 bits per heavy atom. The first-order chi connectivity index (χ1) is 8.34.